The summed E-state index contributed by atoms with van der Waals surface area (Å²) in [6.45, 7) is 4.05. The lowest BCUT2D eigenvalue weighted by molar-refractivity contribution is 0.0838. The highest BCUT2D eigenvalue weighted by Crippen LogP contribution is 2.37. The van der Waals surface area contributed by atoms with Gasteiger partial charge in [-0.25, -0.2) is 17.8 Å². The molecule has 9 heteroatoms. The maximum absolute atomic E-state index is 13.5. The van der Waals surface area contributed by atoms with Crippen molar-refractivity contribution in [1.82, 2.24) is 4.98 Å². The van der Waals surface area contributed by atoms with Crippen LogP contribution in [0.5, 0.6) is 0 Å². The van der Waals surface area contributed by atoms with Gasteiger partial charge in [-0.05, 0) is 67.5 Å². The van der Waals surface area contributed by atoms with Crippen molar-refractivity contribution < 1.29 is 17.5 Å². The molecule has 1 aromatic heterocycles. The summed E-state index contributed by atoms with van der Waals surface area (Å²) in [4.78, 5) is 5.81. The normalized spacial score (nSPS) is 13.8. The number of ether oxygens (including phenoxy) is 1. The quantitative estimate of drug-likeness (QED) is 0.263. The summed E-state index contributed by atoms with van der Waals surface area (Å²) in [5, 5.41) is 1.88. The fraction of sp³-hybridized carbons (Fsp3) is 0.240. The van der Waals surface area contributed by atoms with Crippen LogP contribution in [-0.2, 0) is 21.2 Å². The molecule has 0 saturated heterocycles. The van der Waals surface area contributed by atoms with Crippen LogP contribution in [0.25, 0.3) is 21.7 Å². The number of nitrogens with zero attached hydrogens (tertiary/aromatic N) is 1. The molecular formula is C25H24Cl2FNO3S2. The second-order valence-electron chi connectivity index (χ2n) is 7.60. The van der Waals surface area contributed by atoms with E-state index in [4.69, 9.17) is 32.9 Å². The van der Waals surface area contributed by atoms with Gasteiger partial charge in [0.25, 0.3) is 0 Å². The van der Waals surface area contributed by atoms with Gasteiger partial charge < -0.3 is 4.74 Å². The number of hydrogen-bond donors (Lipinski definition) is 0. The second-order valence-corrected chi connectivity index (χ2v) is 11.6. The molecule has 0 spiro atoms. The fourth-order valence-corrected chi connectivity index (χ4v) is 5.18. The molecular weight excluding hydrogens is 516 g/mol. The van der Waals surface area contributed by atoms with Gasteiger partial charge in [0.2, 0.25) is 0 Å². The van der Waals surface area contributed by atoms with Crippen molar-refractivity contribution in [1.29, 1.82) is 0 Å². The summed E-state index contributed by atoms with van der Waals surface area (Å²) in [5.74, 6) is -0.337. The number of allylic oxidation sites excluding steroid dienone is 3. The molecule has 2 aromatic carbocycles. The zero-order valence-corrected chi connectivity index (χ0v) is 22.0. The lowest BCUT2D eigenvalue weighted by Gasteiger charge is -2.07. The van der Waals surface area contributed by atoms with Gasteiger partial charge in [-0.1, -0.05) is 42.3 Å². The lowest BCUT2D eigenvalue weighted by Crippen LogP contribution is -2.04. The molecule has 0 saturated carbocycles. The first-order valence-electron chi connectivity index (χ1n) is 10.5. The van der Waals surface area contributed by atoms with Crippen LogP contribution in [0.4, 0.5) is 4.39 Å². The van der Waals surface area contributed by atoms with E-state index >= 15 is 0 Å². The molecule has 34 heavy (non-hydrogen) atoms. The number of halogens is 3. The summed E-state index contributed by atoms with van der Waals surface area (Å²) in [7, 11) is -3.30. The zero-order chi connectivity index (χ0) is 24.9. The molecule has 0 radical (unpaired) electrons. The Kier molecular flexibility index (Phi) is 9.07. The maximum Gasteiger partial charge on any atom is 0.175 e. The van der Waals surface area contributed by atoms with Gasteiger partial charge in [-0.15, -0.1) is 11.3 Å². The van der Waals surface area contributed by atoms with Crippen LogP contribution >= 0.6 is 34.5 Å². The third-order valence-electron chi connectivity index (χ3n) is 4.83. The van der Waals surface area contributed by atoms with Crippen molar-refractivity contribution in [2.24, 2.45) is 0 Å². The molecule has 0 aliphatic rings. The monoisotopic (exact) mass is 539 g/mol. The molecule has 180 valence electrons. The van der Waals surface area contributed by atoms with Crippen LogP contribution in [0.2, 0.25) is 0 Å². The van der Waals surface area contributed by atoms with Gasteiger partial charge in [0.15, 0.2) is 9.84 Å². The van der Waals surface area contributed by atoms with E-state index in [1.807, 2.05) is 13.8 Å². The number of rotatable bonds is 9. The minimum atomic E-state index is -3.30. The van der Waals surface area contributed by atoms with Gasteiger partial charge in [-0.2, -0.15) is 0 Å². The first-order valence-corrected chi connectivity index (χ1v) is 13.9. The van der Waals surface area contributed by atoms with E-state index < -0.39 is 9.84 Å². The first-order chi connectivity index (χ1) is 16.1. The predicted octanol–water partition coefficient (Wildman–Crippen LogP) is 7.58. The van der Waals surface area contributed by atoms with E-state index in [1.165, 1.54) is 29.7 Å². The SMILES string of the molecule is CC/C(Cl)=C\C(Cl)=C/C(C)OCc1nc(-c2ccc(F)cc2)c(-c2ccc(S(C)(=O)=O)cc2)s1. The summed E-state index contributed by atoms with van der Waals surface area (Å²) >= 11 is 13.7. The van der Waals surface area contributed by atoms with E-state index in [2.05, 4.69) is 0 Å². The molecule has 0 aliphatic carbocycles. The number of sulfone groups is 1. The van der Waals surface area contributed by atoms with E-state index in [0.717, 1.165) is 21.0 Å². The van der Waals surface area contributed by atoms with Crippen LogP contribution in [-0.4, -0.2) is 25.8 Å². The minimum Gasteiger partial charge on any atom is -0.367 e. The van der Waals surface area contributed by atoms with E-state index in [1.54, 1.807) is 48.6 Å². The first kappa shape index (κ1) is 26.6. The van der Waals surface area contributed by atoms with Crippen molar-refractivity contribution in [3.05, 3.63) is 81.6 Å². The Morgan fingerprint density at radius 1 is 1.12 bits per heavy atom. The Morgan fingerprint density at radius 3 is 2.32 bits per heavy atom. The fourth-order valence-electron chi connectivity index (χ4n) is 3.05. The smallest absolute Gasteiger partial charge is 0.175 e. The standard InChI is InChI=1S/C25H24Cl2FNO3S2/c1-4-19(26)14-20(27)13-16(2)32-15-23-29-24(17-5-9-21(28)10-6-17)25(33-23)18-7-11-22(12-8-18)34(3,30)31/h5-14,16H,4,15H2,1-3H3/b19-14+,20-13+. The number of hydrogen-bond acceptors (Lipinski definition) is 5. The second kappa shape index (κ2) is 11.6. The topological polar surface area (TPSA) is 56.3 Å². The van der Waals surface area contributed by atoms with E-state index in [0.29, 0.717) is 22.2 Å². The largest absolute Gasteiger partial charge is 0.367 e. The average Bonchev–Trinajstić information content (AvgIpc) is 3.22. The molecule has 3 rings (SSSR count). The molecule has 0 fully saturated rings. The lowest BCUT2D eigenvalue weighted by atomic mass is 10.1. The zero-order valence-electron chi connectivity index (χ0n) is 18.9. The highest BCUT2D eigenvalue weighted by Gasteiger charge is 2.17. The molecule has 1 atom stereocenters. The van der Waals surface area contributed by atoms with Crippen molar-refractivity contribution in [2.45, 2.75) is 37.9 Å². The predicted molar refractivity (Wildman–Crippen MR) is 138 cm³/mol. The summed E-state index contributed by atoms with van der Waals surface area (Å²) < 4.78 is 43.0. The molecule has 0 aliphatic heterocycles. The van der Waals surface area contributed by atoms with Gasteiger partial charge >= 0.3 is 0 Å². The molecule has 1 heterocycles. The highest BCUT2D eigenvalue weighted by molar-refractivity contribution is 7.90. The van der Waals surface area contributed by atoms with Gasteiger partial charge in [0.05, 0.1) is 28.2 Å². The van der Waals surface area contributed by atoms with Gasteiger partial charge in [-0.3, -0.25) is 0 Å². The molecule has 0 amide bonds. The Hall–Kier alpha value is -2.03. The van der Waals surface area contributed by atoms with Crippen LogP contribution in [0.15, 0.2) is 75.6 Å². The van der Waals surface area contributed by atoms with Crippen LogP contribution < -0.4 is 0 Å². The third-order valence-corrected chi connectivity index (χ3v) is 7.65. The van der Waals surface area contributed by atoms with Gasteiger partial charge in [0, 0.05) is 21.9 Å². The molecule has 1 unspecified atom stereocenters. The minimum absolute atomic E-state index is 0.238. The number of aromatic nitrogens is 1. The van der Waals surface area contributed by atoms with Crippen LogP contribution in [0.1, 0.15) is 25.3 Å². The Balaban J connectivity index is 1.90. The van der Waals surface area contributed by atoms with Crippen LogP contribution in [0, 0.1) is 5.82 Å². The van der Waals surface area contributed by atoms with Crippen molar-refractivity contribution in [3.63, 3.8) is 0 Å². The van der Waals surface area contributed by atoms with E-state index in [-0.39, 0.29) is 23.4 Å². The summed E-state index contributed by atoms with van der Waals surface area (Å²) in [5.41, 5.74) is 2.24. The number of thiazole rings is 1. The summed E-state index contributed by atoms with van der Waals surface area (Å²) in [6, 6.07) is 12.7. The van der Waals surface area contributed by atoms with Crippen LogP contribution in [0.3, 0.4) is 0 Å². The highest BCUT2D eigenvalue weighted by atomic mass is 35.5. The number of benzene rings is 2. The Morgan fingerprint density at radius 2 is 1.74 bits per heavy atom. The maximum atomic E-state index is 13.5. The summed E-state index contributed by atoms with van der Waals surface area (Å²) in [6.07, 6.45) is 5.04. The molecule has 0 N–H and O–H groups in total. The third kappa shape index (κ3) is 7.23. The molecule has 4 nitrogen and oxygen atoms in total. The van der Waals surface area contributed by atoms with Crippen molar-refractivity contribution in [2.75, 3.05) is 6.26 Å². The van der Waals surface area contributed by atoms with Crippen molar-refractivity contribution in [3.8, 4) is 21.7 Å². The van der Waals surface area contributed by atoms with Crippen molar-refractivity contribution >= 4 is 44.4 Å². The molecule has 3 aromatic rings. The Bertz CT molecular complexity index is 1300. The average molecular weight is 541 g/mol. The van der Waals surface area contributed by atoms with E-state index in [9.17, 15) is 12.8 Å². The van der Waals surface area contributed by atoms with Gasteiger partial charge in [0.1, 0.15) is 10.8 Å². The molecule has 0 bridgehead atoms. The Labute approximate surface area is 213 Å².